The maximum absolute atomic E-state index is 12.5. The van der Waals surface area contributed by atoms with Crippen molar-refractivity contribution in [2.24, 2.45) is 5.92 Å². The predicted octanol–water partition coefficient (Wildman–Crippen LogP) is 1.89. The average molecular weight is 263 g/mol. The minimum absolute atomic E-state index is 0.00477. The fourth-order valence-electron chi connectivity index (χ4n) is 3.19. The van der Waals surface area contributed by atoms with Gasteiger partial charge in [-0.1, -0.05) is 12.8 Å². The molecule has 1 saturated carbocycles. The topological polar surface area (TPSA) is 58.2 Å². The van der Waals surface area contributed by atoms with E-state index in [4.69, 9.17) is 4.74 Å². The molecule has 2 heterocycles. The summed E-state index contributed by atoms with van der Waals surface area (Å²) in [5.41, 5.74) is 0.972. The third-order valence-corrected chi connectivity index (χ3v) is 4.27. The van der Waals surface area contributed by atoms with Crippen LogP contribution in [-0.2, 0) is 9.53 Å². The van der Waals surface area contributed by atoms with Crippen LogP contribution in [0.25, 0.3) is 0 Å². The van der Waals surface area contributed by atoms with Gasteiger partial charge in [0.2, 0.25) is 5.91 Å². The molecule has 0 aromatic carbocycles. The minimum atomic E-state index is 0.00477. The highest BCUT2D eigenvalue weighted by Gasteiger charge is 2.31. The molecule has 1 saturated heterocycles. The Morgan fingerprint density at radius 1 is 1.47 bits per heavy atom. The van der Waals surface area contributed by atoms with Crippen LogP contribution in [0.3, 0.4) is 0 Å². The SMILES string of the molecule is O=C(CC1CCCC1)N1CCOC[C@@H]1c1ccn[nH]1. The zero-order valence-corrected chi connectivity index (χ0v) is 11.2. The van der Waals surface area contributed by atoms with Crippen molar-refractivity contribution < 1.29 is 9.53 Å². The third-order valence-electron chi connectivity index (χ3n) is 4.27. The Kier molecular flexibility index (Phi) is 3.82. The molecule has 1 aromatic heterocycles. The summed E-state index contributed by atoms with van der Waals surface area (Å²) in [6.45, 7) is 1.90. The largest absolute Gasteiger partial charge is 0.377 e. The second kappa shape index (κ2) is 5.74. The maximum Gasteiger partial charge on any atom is 0.223 e. The lowest BCUT2D eigenvalue weighted by Gasteiger charge is -2.35. The van der Waals surface area contributed by atoms with Crippen LogP contribution < -0.4 is 0 Å². The van der Waals surface area contributed by atoms with Gasteiger partial charge in [-0.2, -0.15) is 5.10 Å². The van der Waals surface area contributed by atoms with Crippen molar-refractivity contribution in [1.82, 2.24) is 15.1 Å². The number of carbonyl (C=O) groups is 1. The average Bonchev–Trinajstić information content (AvgIpc) is 3.11. The summed E-state index contributed by atoms with van der Waals surface area (Å²) in [5.74, 6) is 0.868. The first-order valence-electron chi connectivity index (χ1n) is 7.21. The van der Waals surface area contributed by atoms with Crippen molar-refractivity contribution in [2.45, 2.75) is 38.1 Å². The van der Waals surface area contributed by atoms with Gasteiger partial charge >= 0.3 is 0 Å². The number of ether oxygens (including phenoxy) is 1. The van der Waals surface area contributed by atoms with E-state index in [0.717, 1.165) is 5.69 Å². The van der Waals surface area contributed by atoms with Gasteiger partial charge in [0.05, 0.1) is 24.9 Å². The van der Waals surface area contributed by atoms with E-state index in [-0.39, 0.29) is 11.9 Å². The van der Waals surface area contributed by atoms with Crippen molar-refractivity contribution in [1.29, 1.82) is 0 Å². The molecule has 1 atom stereocenters. The summed E-state index contributed by atoms with van der Waals surface area (Å²) < 4.78 is 5.51. The molecule has 5 nitrogen and oxygen atoms in total. The normalized spacial score (nSPS) is 24.8. The lowest BCUT2D eigenvalue weighted by atomic mass is 10.0. The van der Waals surface area contributed by atoms with Gasteiger partial charge in [0.15, 0.2) is 0 Å². The molecule has 0 radical (unpaired) electrons. The smallest absolute Gasteiger partial charge is 0.223 e. The quantitative estimate of drug-likeness (QED) is 0.906. The van der Waals surface area contributed by atoms with E-state index >= 15 is 0 Å². The van der Waals surface area contributed by atoms with Crippen molar-refractivity contribution in [3.8, 4) is 0 Å². The van der Waals surface area contributed by atoms with Gasteiger partial charge < -0.3 is 9.64 Å². The Hall–Kier alpha value is -1.36. The monoisotopic (exact) mass is 263 g/mol. The summed E-state index contributed by atoms with van der Waals surface area (Å²) in [6, 6.07) is 1.93. The van der Waals surface area contributed by atoms with Gasteiger partial charge in [-0.05, 0) is 24.8 Å². The van der Waals surface area contributed by atoms with Crippen LogP contribution in [0.4, 0.5) is 0 Å². The molecule has 1 aromatic rings. The lowest BCUT2D eigenvalue weighted by molar-refractivity contribution is -0.141. The summed E-state index contributed by atoms with van der Waals surface area (Å²) in [5, 5.41) is 6.94. The van der Waals surface area contributed by atoms with Crippen LogP contribution in [0.5, 0.6) is 0 Å². The Morgan fingerprint density at radius 2 is 2.32 bits per heavy atom. The Balaban J connectivity index is 1.67. The Morgan fingerprint density at radius 3 is 3.05 bits per heavy atom. The zero-order chi connectivity index (χ0) is 13.1. The molecule has 0 bridgehead atoms. The predicted molar refractivity (Wildman–Crippen MR) is 70.4 cm³/mol. The number of amides is 1. The number of morpholine rings is 1. The third kappa shape index (κ3) is 2.81. The second-order valence-corrected chi connectivity index (χ2v) is 5.54. The molecular weight excluding hydrogens is 242 g/mol. The van der Waals surface area contributed by atoms with E-state index in [1.807, 2.05) is 11.0 Å². The number of H-pyrrole nitrogens is 1. The first-order valence-corrected chi connectivity index (χ1v) is 7.21. The molecule has 19 heavy (non-hydrogen) atoms. The minimum Gasteiger partial charge on any atom is -0.377 e. The Bertz CT molecular complexity index is 412. The number of aromatic amines is 1. The van der Waals surface area contributed by atoms with E-state index in [1.54, 1.807) is 6.20 Å². The van der Waals surface area contributed by atoms with Crippen LogP contribution in [0.1, 0.15) is 43.8 Å². The standard InChI is InChI=1S/C14H21N3O2/c18-14(9-11-3-1-2-4-11)17-7-8-19-10-13(17)12-5-6-15-16-12/h5-6,11,13H,1-4,7-10H2,(H,15,16)/t13-/m1/s1. The molecule has 2 aliphatic rings. The van der Waals surface area contributed by atoms with Gasteiger partial charge in [-0.25, -0.2) is 0 Å². The number of aromatic nitrogens is 2. The van der Waals surface area contributed by atoms with Crippen LogP contribution in [0.2, 0.25) is 0 Å². The Labute approximate surface area is 113 Å². The van der Waals surface area contributed by atoms with E-state index in [9.17, 15) is 4.79 Å². The maximum atomic E-state index is 12.5. The van der Waals surface area contributed by atoms with Crippen molar-refractivity contribution in [2.75, 3.05) is 19.8 Å². The van der Waals surface area contributed by atoms with Crippen LogP contribution in [0.15, 0.2) is 12.3 Å². The van der Waals surface area contributed by atoms with Gasteiger partial charge in [-0.3, -0.25) is 9.89 Å². The number of carbonyl (C=O) groups excluding carboxylic acids is 1. The van der Waals surface area contributed by atoms with Gasteiger partial charge in [0.25, 0.3) is 0 Å². The van der Waals surface area contributed by atoms with E-state index in [0.29, 0.717) is 32.1 Å². The lowest BCUT2D eigenvalue weighted by Crippen LogP contribution is -2.44. The molecule has 1 aliphatic heterocycles. The molecule has 0 unspecified atom stereocenters. The van der Waals surface area contributed by atoms with Gasteiger partial charge in [0.1, 0.15) is 0 Å². The van der Waals surface area contributed by atoms with Gasteiger partial charge in [0, 0.05) is 19.2 Å². The molecule has 2 fully saturated rings. The summed E-state index contributed by atoms with van der Waals surface area (Å²) >= 11 is 0. The van der Waals surface area contributed by atoms with Crippen molar-refractivity contribution in [3.05, 3.63) is 18.0 Å². The molecule has 1 aliphatic carbocycles. The van der Waals surface area contributed by atoms with Crippen LogP contribution >= 0.6 is 0 Å². The number of rotatable bonds is 3. The first kappa shape index (κ1) is 12.7. The highest BCUT2D eigenvalue weighted by molar-refractivity contribution is 5.77. The molecule has 3 rings (SSSR count). The summed E-state index contributed by atoms with van der Waals surface area (Å²) in [6.07, 6.45) is 7.42. The molecular formula is C14H21N3O2. The fourth-order valence-corrected chi connectivity index (χ4v) is 3.19. The molecule has 104 valence electrons. The molecule has 1 amide bonds. The summed E-state index contributed by atoms with van der Waals surface area (Å²) in [4.78, 5) is 14.5. The van der Waals surface area contributed by atoms with E-state index in [2.05, 4.69) is 10.2 Å². The fraction of sp³-hybridized carbons (Fsp3) is 0.714. The van der Waals surface area contributed by atoms with Crippen molar-refractivity contribution >= 4 is 5.91 Å². The summed E-state index contributed by atoms with van der Waals surface area (Å²) in [7, 11) is 0. The highest BCUT2D eigenvalue weighted by atomic mass is 16.5. The van der Waals surface area contributed by atoms with Crippen LogP contribution in [-0.4, -0.2) is 40.8 Å². The van der Waals surface area contributed by atoms with Crippen LogP contribution in [0, 0.1) is 5.92 Å². The number of hydrogen-bond donors (Lipinski definition) is 1. The molecule has 0 spiro atoms. The number of nitrogens with zero attached hydrogens (tertiary/aromatic N) is 2. The molecule has 5 heteroatoms. The van der Waals surface area contributed by atoms with E-state index in [1.165, 1.54) is 25.7 Å². The zero-order valence-electron chi connectivity index (χ0n) is 11.2. The first-order chi connectivity index (χ1) is 9.34. The number of nitrogens with one attached hydrogen (secondary N) is 1. The van der Waals surface area contributed by atoms with Crippen molar-refractivity contribution in [3.63, 3.8) is 0 Å². The van der Waals surface area contributed by atoms with Gasteiger partial charge in [-0.15, -0.1) is 0 Å². The van der Waals surface area contributed by atoms with E-state index < -0.39 is 0 Å². The highest BCUT2D eigenvalue weighted by Crippen LogP contribution is 2.30. The second-order valence-electron chi connectivity index (χ2n) is 5.54. The molecule has 1 N–H and O–H groups in total. The number of hydrogen-bond acceptors (Lipinski definition) is 3.